The molecule has 0 unspecified atom stereocenters. The molecule has 68 valence electrons. The van der Waals surface area contributed by atoms with Crippen LogP contribution in [0.1, 0.15) is 10.4 Å². The van der Waals surface area contributed by atoms with Crippen LogP contribution >= 0.6 is 11.6 Å². The molecule has 0 spiro atoms. The number of nitrogens with zero attached hydrogens (tertiary/aromatic N) is 2. The average Bonchev–Trinajstić information content (AvgIpc) is 2.03. The van der Waals surface area contributed by atoms with Crippen molar-refractivity contribution in [3.63, 3.8) is 0 Å². The normalized spacial score (nSPS) is 9.62. The van der Waals surface area contributed by atoms with Crippen LogP contribution < -0.4 is 0 Å². The molecule has 13 heavy (non-hydrogen) atoms. The molecule has 1 heterocycles. The summed E-state index contributed by atoms with van der Waals surface area (Å²) in [6.07, 6.45) is 0.881. The number of aromatic nitrogens is 1. The molecule has 0 fully saturated rings. The number of nitro groups is 1. The number of pyridine rings is 1. The van der Waals surface area contributed by atoms with Crippen molar-refractivity contribution < 1.29 is 14.8 Å². The van der Waals surface area contributed by atoms with Crippen LogP contribution in [0.2, 0.25) is 5.02 Å². The van der Waals surface area contributed by atoms with Crippen molar-refractivity contribution in [2.24, 2.45) is 0 Å². The number of aromatic carboxylic acids is 1. The number of hydrogen-bond acceptors (Lipinski definition) is 4. The Bertz CT molecular complexity index is 379. The molecule has 0 saturated heterocycles. The maximum atomic E-state index is 10.4. The van der Waals surface area contributed by atoms with E-state index in [0.29, 0.717) is 0 Å². The van der Waals surface area contributed by atoms with Crippen molar-refractivity contribution in [3.8, 4) is 0 Å². The number of halogens is 1. The lowest BCUT2D eigenvalue weighted by molar-refractivity contribution is -0.389. The molecule has 0 aliphatic carbocycles. The highest BCUT2D eigenvalue weighted by Crippen LogP contribution is 2.21. The molecule has 0 radical (unpaired) electrons. The van der Waals surface area contributed by atoms with E-state index in [4.69, 9.17) is 16.7 Å². The first kappa shape index (κ1) is 9.40. The topological polar surface area (TPSA) is 93.3 Å². The van der Waals surface area contributed by atoms with Gasteiger partial charge >= 0.3 is 11.8 Å². The van der Waals surface area contributed by atoms with Gasteiger partial charge < -0.3 is 15.2 Å². The van der Waals surface area contributed by atoms with Gasteiger partial charge in [0, 0.05) is 0 Å². The molecular weight excluding hydrogens is 200 g/mol. The smallest absolute Gasteiger partial charge is 0.382 e. The van der Waals surface area contributed by atoms with E-state index in [1.54, 1.807) is 0 Å². The van der Waals surface area contributed by atoms with E-state index in [1.807, 2.05) is 0 Å². The van der Waals surface area contributed by atoms with Gasteiger partial charge in [0.05, 0.1) is 0 Å². The molecule has 0 amide bonds. The molecule has 1 aromatic rings. The maximum Gasteiger partial charge on any atom is 0.382 e. The highest BCUT2D eigenvalue weighted by atomic mass is 35.5. The Hall–Kier alpha value is -1.69. The Labute approximate surface area is 76.9 Å². The number of carboxylic acids is 1. The lowest BCUT2D eigenvalue weighted by Gasteiger charge is -1.95. The van der Waals surface area contributed by atoms with Gasteiger partial charge in [-0.3, -0.25) is 0 Å². The predicted octanol–water partition coefficient (Wildman–Crippen LogP) is 1.34. The summed E-state index contributed by atoms with van der Waals surface area (Å²) in [7, 11) is 0. The molecule has 0 atom stereocenters. The van der Waals surface area contributed by atoms with Gasteiger partial charge in [-0.2, -0.15) is 0 Å². The summed E-state index contributed by atoms with van der Waals surface area (Å²) in [5.74, 6) is -1.78. The Morgan fingerprint density at radius 3 is 2.69 bits per heavy atom. The number of carboxylic acid groups (broad SMARTS) is 1. The van der Waals surface area contributed by atoms with Crippen molar-refractivity contribution in [2.75, 3.05) is 0 Å². The third kappa shape index (κ3) is 1.91. The van der Waals surface area contributed by atoms with Gasteiger partial charge in [-0.15, -0.1) is 0 Å². The molecule has 6 nitrogen and oxygen atoms in total. The Morgan fingerprint density at radius 1 is 1.69 bits per heavy atom. The fourth-order valence-electron chi connectivity index (χ4n) is 0.682. The van der Waals surface area contributed by atoms with Gasteiger partial charge in [0.1, 0.15) is 10.6 Å². The van der Waals surface area contributed by atoms with Crippen LogP contribution in [0.25, 0.3) is 0 Å². The first-order valence-corrected chi connectivity index (χ1v) is 3.43. The van der Waals surface area contributed by atoms with Gasteiger partial charge in [-0.05, 0) is 16.0 Å². The second-order valence-corrected chi connectivity index (χ2v) is 2.50. The summed E-state index contributed by atoms with van der Waals surface area (Å²) < 4.78 is 0. The summed E-state index contributed by atoms with van der Waals surface area (Å²) in [4.78, 5) is 23.1. The van der Waals surface area contributed by atoms with Crippen molar-refractivity contribution in [3.05, 3.63) is 33.0 Å². The highest BCUT2D eigenvalue weighted by molar-refractivity contribution is 6.32. The van der Waals surface area contributed by atoms with E-state index in [1.165, 1.54) is 0 Å². The summed E-state index contributed by atoms with van der Waals surface area (Å²) in [5, 5.41) is 18.4. The maximum absolute atomic E-state index is 10.4. The standard InChI is InChI=1S/C6H3ClN2O4/c7-4-1-3(6(10)11)2-8-5(4)9(12)13/h1-2H,(H,10,11). The molecule has 0 aliphatic rings. The minimum atomic E-state index is -1.23. The van der Waals surface area contributed by atoms with E-state index in [9.17, 15) is 14.9 Å². The van der Waals surface area contributed by atoms with E-state index >= 15 is 0 Å². The Balaban J connectivity index is 3.20. The highest BCUT2D eigenvalue weighted by Gasteiger charge is 2.16. The zero-order valence-corrected chi connectivity index (χ0v) is 6.85. The minimum absolute atomic E-state index is 0.185. The van der Waals surface area contributed by atoms with E-state index < -0.39 is 16.7 Å². The van der Waals surface area contributed by atoms with E-state index in [0.717, 1.165) is 12.3 Å². The quantitative estimate of drug-likeness (QED) is 0.577. The lowest BCUT2D eigenvalue weighted by Crippen LogP contribution is -2.00. The van der Waals surface area contributed by atoms with Crippen molar-refractivity contribution in [1.82, 2.24) is 4.98 Å². The van der Waals surface area contributed by atoms with E-state index in [2.05, 4.69) is 4.98 Å². The average molecular weight is 203 g/mol. The van der Waals surface area contributed by atoms with Crippen LogP contribution in [0, 0.1) is 10.1 Å². The summed E-state index contributed by atoms with van der Waals surface area (Å²) in [6, 6.07) is 0.981. The number of carbonyl (C=O) groups is 1. The van der Waals surface area contributed by atoms with Crippen molar-refractivity contribution >= 4 is 23.4 Å². The van der Waals surface area contributed by atoms with Crippen LogP contribution in [0.3, 0.4) is 0 Å². The minimum Gasteiger partial charge on any atom is -0.478 e. The number of hydrogen-bond donors (Lipinski definition) is 1. The molecule has 1 aromatic heterocycles. The van der Waals surface area contributed by atoms with Crippen LogP contribution in [-0.4, -0.2) is 21.0 Å². The van der Waals surface area contributed by atoms with Crippen LogP contribution in [0.15, 0.2) is 12.3 Å². The number of rotatable bonds is 2. The first-order chi connectivity index (χ1) is 6.02. The van der Waals surface area contributed by atoms with Crippen LogP contribution in [0.5, 0.6) is 0 Å². The van der Waals surface area contributed by atoms with Crippen molar-refractivity contribution in [2.45, 2.75) is 0 Å². The zero-order chi connectivity index (χ0) is 10.0. The molecule has 0 bridgehead atoms. The third-order valence-corrected chi connectivity index (χ3v) is 1.52. The van der Waals surface area contributed by atoms with Gasteiger partial charge in [-0.25, -0.2) is 4.79 Å². The largest absolute Gasteiger partial charge is 0.478 e. The Kier molecular flexibility index (Phi) is 2.43. The molecule has 0 aromatic carbocycles. The Morgan fingerprint density at radius 2 is 2.31 bits per heavy atom. The summed E-state index contributed by atoms with van der Waals surface area (Å²) in [6.45, 7) is 0. The first-order valence-electron chi connectivity index (χ1n) is 3.05. The van der Waals surface area contributed by atoms with Gasteiger partial charge in [0.15, 0.2) is 6.20 Å². The van der Waals surface area contributed by atoms with Gasteiger partial charge in [0.2, 0.25) is 0 Å². The molecule has 7 heteroatoms. The molecule has 0 saturated carbocycles. The van der Waals surface area contributed by atoms with Crippen LogP contribution in [-0.2, 0) is 0 Å². The predicted molar refractivity (Wildman–Crippen MR) is 42.9 cm³/mol. The fraction of sp³-hybridized carbons (Fsp3) is 0. The fourth-order valence-corrected chi connectivity index (χ4v) is 0.917. The third-order valence-electron chi connectivity index (χ3n) is 1.24. The molecule has 1 N–H and O–H groups in total. The molecule has 0 aliphatic heterocycles. The molecular formula is C6H3ClN2O4. The van der Waals surface area contributed by atoms with E-state index in [-0.39, 0.29) is 10.6 Å². The molecule has 1 rings (SSSR count). The van der Waals surface area contributed by atoms with Gasteiger partial charge in [0.25, 0.3) is 0 Å². The second kappa shape index (κ2) is 3.36. The van der Waals surface area contributed by atoms with Crippen molar-refractivity contribution in [1.29, 1.82) is 0 Å². The van der Waals surface area contributed by atoms with Gasteiger partial charge in [-0.1, -0.05) is 11.6 Å². The summed E-state index contributed by atoms with van der Waals surface area (Å²) >= 11 is 5.40. The summed E-state index contributed by atoms with van der Waals surface area (Å²) in [5.41, 5.74) is -0.185. The van der Waals surface area contributed by atoms with Crippen LogP contribution in [0.4, 0.5) is 5.82 Å². The second-order valence-electron chi connectivity index (χ2n) is 2.09. The lowest BCUT2D eigenvalue weighted by atomic mass is 10.3. The SMILES string of the molecule is O=C(O)c1cnc([N+](=O)[O-])c(Cl)c1. The zero-order valence-electron chi connectivity index (χ0n) is 6.10. The monoisotopic (exact) mass is 202 g/mol.